The molecule has 1 aromatic heterocycles. The molecule has 2 N–H and O–H groups in total. The fraction of sp³-hybridized carbons (Fsp3) is 0.714. The van der Waals surface area contributed by atoms with Crippen LogP contribution in [0.3, 0.4) is 0 Å². The molecule has 1 heterocycles. The number of ether oxygens (including phenoxy) is 1. The summed E-state index contributed by atoms with van der Waals surface area (Å²) in [6, 6.07) is 2.42. The topological polar surface area (TPSA) is 67.4 Å². The number of aryl methyl sites for hydroxylation is 1. The van der Waals surface area contributed by atoms with Crippen LogP contribution >= 0.6 is 11.3 Å². The van der Waals surface area contributed by atoms with Gasteiger partial charge in [0, 0.05) is 42.1 Å². The predicted molar refractivity (Wildman–Crippen MR) is 85.2 cm³/mol. The highest BCUT2D eigenvalue weighted by Gasteiger charge is 2.22. The van der Waals surface area contributed by atoms with Gasteiger partial charge in [-0.3, -0.25) is 0 Å². The van der Waals surface area contributed by atoms with E-state index in [4.69, 9.17) is 4.74 Å². The van der Waals surface area contributed by atoms with Crippen molar-refractivity contribution in [1.82, 2.24) is 10.0 Å². The third-order valence-electron chi connectivity index (χ3n) is 3.32. The molecule has 7 heteroatoms. The summed E-state index contributed by atoms with van der Waals surface area (Å²) in [7, 11) is -3.40. The Morgan fingerprint density at radius 1 is 1.43 bits per heavy atom. The summed E-state index contributed by atoms with van der Waals surface area (Å²) >= 11 is 1.55. The van der Waals surface area contributed by atoms with E-state index in [0.717, 1.165) is 16.3 Å². The molecule has 2 rings (SSSR count). The highest BCUT2D eigenvalue weighted by Crippen LogP contribution is 2.27. The first-order valence-corrected chi connectivity index (χ1v) is 9.73. The Balaban J connectivity index is 1.88. The first-order valence-electron chi connectivity index (χ1n) is 7.43. The number of thiophene rings is 1. The molecule has 0 aliphatic heterocycles. The van der Waals surface area contributed by atoms with E-state index in [-0.39, 0.29) is 0 Å². The molecule has 1 aliphatic carbocycles. The van der Waals surface area contributed by atoms with Crippen LogP contribution in [0.15, 0.2) is 11.0 Å². The maximum Gasteiger partial charge on any atom is 0.241 e. The Hall–Kier alpha value is -0.470. The van der Waals surface area contributed by atoms with Crippen molar-refractivity contribution in [2.75, 3.05) is 19.8 Å². The minimum Gasteiger partial charge on any atom is -0.382 e. The van der Waals surface area contributed by atoms with E-state index in [1.807, 2.05) is 13.8 Å². The Bertz CT molecular complexity index is 551. The molecule has 5 nitrogen and oxygen atoms in total. The highest BCUT2D eigenvalue weighted by atomic mass is 32.2. The normalized spacial score (nSPS) is 15.5. The molecule has 120 valence electrons. The van der Waals surface area contributed by atoms with Crippen LogP contribution in [0.4, 0.5) is 0 Å². The lowest BCUT2D eigenvalue weighted by Crippen LogP contribution is -2.25. The molecule has 0 bridgehead atoms. The number of rotatable bonds is 10. The standard InChI is InChI=1S/C14H24N2O3S2/c1-3-19-8-4-7-16-21(17,18)14-9-13(20-11(14)2)10-15-12-5-6-12/h9,12,15-16H,3-8,10H2,1-2H3. The molecule has 0 saturated heterocycles. The molecule has 0 unspecified atom stereocenters. The van der Waals surface area contributed by atoms with Crippen molar-refractivity contribution >= 4 is 21.4 Å². The van der Waals surface area contributed by atoms with Gasteiger partial charge in [-0.1, -0.05) is 0 Å². The van der Waals surface area contributed by atoms with E-state index in [1.165, 1.54) is 12.8 Å². The SMILES string of the molecule is CCOCCCNS(=O)(=O)c1cc(CNC2CC2)sc1C. The van der Waals surface area contributed by atoms with Crippen molar-refractivity contribution in [2.45, 2.75) is 50.6 Å². The molecule has 0 aromatic carbocycles. The number of hydrogen-bond acceptors (Lipinski definition) is 5. The van der Waals surface area contributed by atoms with Crippen LogP contribution in [0, 0.1) is 6.92 Å². The lowest BCUT2D eigenvalue weighted by Gasteiger charge is -2.06. The van der Waals surface area contributed by atoms with Crippen molar-refractivity contribution in [3.63, 3.8) is 0 Å². The van der Waals surface area contributed by atoms with Crippen molar-refractivity contribution < 1.29 is 13.2 Å². The summed E-state index contributed by atoms with van der Waals surface area (Å²) in [5, 5.41) is 3.41. The second-order valence-corrected chi connectivity index (χ2v) is 8.31. The van der Waals surface area contributed by atoms with Gasteiger partial charge in [-0.25, -0.2) is 13.1 Å². The van der Waals surface area contributed by atoms with E-state index < -0.39 is 10.0 Å². The van der Waals surface area contributed by atoms with E-state index in [0.29, 0.717) is 37.1 Å². The fourth-order valence-electron chi connectivity index (χ4n) is 2.01. The average molecular weight is 332 g/mol. The Labute approximate surface area is 131 Å². The molecule has 1 aliphatic rings. The summed E-state index contributed by atoms with van der Waals surface area (Å²) in [6.45, 7) is 6.20. The second kappa shape index (κ2) is 7.69. The third-order valence-corrected chi connectivity index (χ3v) is 6.08. The van der Waals surface area contributed by atoms with Crippen LogP contribution in [0.2, 0.25) is 0 Å². The van der Waals surface area contributed by atoms with Gasteiger partial charge >= 0.3 is 0 Å². The van der Waals surface area contributed by atoms with Crippen molar-refractivity contribution in [2.24, 2.45) is 0 Å². The second-order valence-electron chi connectivity index (χ2n) is 5.24. The van der Waals surface area contributed by atoms with Crippen LogP contribution in [0.5, 0.6) is 0 Å². The number of sulfonamides is 1. The molecule has 21 heavy (non-hydrogen) atoms. The molecule has 1 aromatic rings. The maximum absolute atomic E-state index is 12.3. The van der Waals surface area contributed by atoms with Crippen LogP contribution in [0.1, 0.15) is 35.9 Å². The minimum absolute atomic E-state index is 0.410. The summed E-state index contributed by atoms with van der Waals surface area (Å²) in [4.78, 5) is 2.34. The van der Waals surface area contributed by atoms with Gasteiger partial charge in [0.1, 0.15) is 0 Å². The van der Waals surface area contributed by atoms with E-state index in [2.05, 4.69) is 10.0 Å². The third kappa shape index (κ3) is 5.34. The van der Waals surface area contributed by atoms with Gasteiger partial charge in [0.2, 0.25) is 10.0 Å². The van der Waals surface area contributed by atoms with Crippen LogP contribution in [-0.2, 0) is 21.3 Å². The molecule has 1 saturated carbocycles. The van der Waals surface area contributed by atoms with E-state index >= 15 is 0 Å². The zero-order chi connectivity index (χ0) is 15.3. The summed E-state index contributed by atoms with van der Waals surface area (Å²) in [5.74, 6) is 0. The van der Waals surface area contributed by atoms with Crippen LogP contribution in [-0.4, -0.2) is 34.2 Å². The zero-order valence-corrected chi connectivity index (χ0v) is 14.3. The summed E-state index contributed by atoms with van der Waals surface area (Å²) < 4.78 is 32.4. The largest absolute Gasteiger partial charge is 0.382 e. The highest BCUT2D eigenvalue weighted by molar-refractivity contribution is 7.89. The van der Waals surface area contributed by atoms with Crippen molar-refractivity contribution in [3.05, 3.63) is 15.8 Å². The lowest BCUT2D eigenvalue weighted by atomic mass is 10.4. The van der Waals surface area contributed by atoms with Gasteiger partial charge < -0.3 is 10.1 Å². The molecular weight excluding hydrogens is 308 g/mol. The minimum atomic E-state index is -3.40. The van der Waals surface area contributed by atoms with Gasteiger partial charge in [0.25, 0.3) is 0 Å². The average Bonchev–Trinajstić information content (AvgIpc) is 3.18. The number of nitrogens with one attached hydrogen (secondary N) is 2. The first-order chi connectivity index (χ1) is 10.0. The zero-order valence-electron chi connectivity index (χ0n) is 12.6. The maximum atomic E-state index is 12.3. The molecule has 0 radical (unpaired) electrons. The van der Waals surface area contributed by atoms with Gasteiger partial charge in [-0.2, -0.15) is 0 Å². The van der Waals surface area contributed by atoms with E-state index in [9.17, 15) is 8.42 Å². The lowest BCUT2D eigenvalue weighted by molar-refractivity contribution is 0.146. The van der Waals surface area contributed by atoms with Crippen molar-refractivity contribution in [1.29, 1.82) is 0 Å². The first kappa shape index (κ1) is 16.9. The molecule has 1 fully saturated rings. The quantitative estimate of drug-likeness (QED) is 0.643. The van der Waals surface area contributed by atoms with E-state index in [1.54, 1.807) is 17.4 Å². The van der Waals surface area contributed by atoms with Gasteiger partial charge in [0.05, 0.1) is 4.90 Å². The predicted octanol–water partition coefficient (Wildman–Crippen LogP) is 2.01. The fourth-order valence-corrected chi connectivity index (χ4v) is 4.67. The van der Waals surface area contributed by atoms with Crippen molar-refractivity contribution in [3.8, 4) is 0 Å². The molecule has 0 amide bonds. The summed E-state index contributed by atoms with van der Waals surface area (Å²) in [5.41, 5.74) is 0. The van der Waals surface area contributed by atoms with Crippen LogP contribution in [0.25, 0.3) is 0 Å². The Morgan fingerprint density at radius 2 is 2.19 bits per heavy atom. The summed E-state index contributed by atoms with van der Waals surface area (Å²) in [6.07, 6.45) is 3.15. The molecule has 0 spiro atoms. The van der Waals surface area contributed by atoms with Gasteiger partial charge in [-0.05, 0) is 39.2 Å². The van der Waals surface area contributed by atoms with Gasteiger partial charge in [-0.15, -0.1) is 11.3 Å². The monoisotopic (exact) mass is 332 g/mol. The molecule has 0 atom stereocenters. The number of hydrogen-bond donors (Lipinski definition) is 2. The van der Waals surface area contributed by atoms with Crippen LogP contribution < -0.4 is 10.0 Å². The van der Waals surface area contributed by atoms with Gasteiger partial charge in [0.15, 0.2) is 0 Å². The Kier molecular flexibility index (Phi) is 6.19. The smallest absolute Gasteiger partial charge is 0.241 e. The molecular formula is C14H24N2O3S2. The Morgan fingerprint density at radius 3 is 2.86 bits per heavy atom.